The summed E-state index contributed by atoms with van der Waals surface area (Å²) in [5, 5.41) is 11.7. The van der Waals surface area contributed by atoms with Crippen LogP contribution >= 0.6 is 22.6 Å². The van der Waals surface area contributed by atoms with Gasteiger partial charge in [0.2, 0.25) is 5.91 Å². The van der Waals surface area contributed by atoms with Gasteiger partial charge in [0.05, 0.1) is 12.5 Å². The van der Waals surface area contributed by atoms with Gasteiger partial charge >= 0.3 is 0 Å². The Balaban J connectivity index is 1.88. The molecule has 0 aromatic heterocycles. The topological polar surface area (TPSA) is 52.9 Å². The maximum absolute atomic E-state index is 11.7. The monoisotopic (exact) mass is 340 g/mol. The van der Waals surface area contributed by atoms with Crippen LogP contribution in [0.25, 0.3) is 0 Å². The molecule has 1 saturated carbocycles. The molecule has 0 heterocycles. The highest BCUT2D eigenvalue weighted by molar-refractivity contribution is 14.1. The summed E-state index contributed by atoms with van der Waals surface area (Å²) in [5.74, 6) is 0.310. The number of hydrogen-bond acceptors (Lipinski definition) is 2. The van der Waals surface area contributed by atoms with Gasteiger partial charge in [-0.2, -0.15) is 5.26 Å². The van der Waals surface area contributed by atoms with E-state index in [4.69, 9.17) is 5.26 Å². The zero-order valence-corrected chi connectivity index (χ0v) is 11.5. The third kappa shape index (κ3) is 3.70. The number of hydrogen-bond donors (Lipinski definition) is 1. The van der Waals surface area contributed by atoms with Crippen LogP contribution in [-0.2, 0) is 11.2 Å². The van der Waals surface area contributed by atoms with Crippen molar-refractivity contribution in [3.8, 4) is 6.07 Å². The highest BCUT2D eigenvalue weighted by atomic mass is 127. The van der Waals surface area contributed by atoms with Crippen LogP contribution in [0.4, 0.5) is 0 Å². The molecule has 0 aliphatic heterocycles. The Morgan fingerprint density at radius 2 is 2.12 bits per heavy atom. The molecule has 0 bridgehead atoms. The van der Waals surface area contributed by atoms with Crippen molar-refractivity contribution >= 4 is 28.5 Å². The maximum atomic E-state index is 11.7. The Morgan fingerprint density at radius 3 is 2.65 bits per heavy atom. The number of nitriles is 1. The van der Waals surface area contributed by atoms with Gasteiger partial charge in [-0.1, -0.05) is 12.1 Å². The van der Waals surface area contributed by atoms with Gasteiger partial charge in [-0.25, -0.2) is 0 Å². The van der Waals surface area contributed by atoms with Crippen molar-refractivity contribution in [1.82, 2.24) is 5.32 Å². The van der Waals surface area contributed by atoms with Gasteiger partial charge < -0.3 is 5.32 Å². The lowest BCUT2D eigenvalue weighted by molar-refractivity contribution is -0.120. The first kappa shape index (κ1) is 12.4. The van der Waals surface area contributed by atoms with Gasteiger partial charge in [-0.05, 0) is 59.0 Å². The van der Waals surface area contributed by atoms with Crippen LogP contribution in [0, 0.1) is 20.8 Å². The Bertz CT molecular complexity index is 445. The van der Waals surface area contributed by atoms with Crippen molar-refractivity contribution < 1.29 is 4.79 Å². The second-order valence-electron chi connectivity index (χ2n) is 4.31. The Hall–Kier alpha value is -1.09. The number of halogens is 1. The summed E-state index contributed by atoms with van der Waals surface area (Å²) in [6.07, 6.45) is 2.46. The first-order valence-electron chi connectivity index (χ1n) is 5.62. The van der Waals surface area contributed by atoms with Gasteiger partial charge in [-0.15, -0.1) is 0 Å². The molecule has 17 heavy (non-hydrogen) atoms. The number of carbonyl (C=O) groups excluding carboxylic acids is 1. The zero-order chi connectivity index (χ0) is 12.3. The van der Waals surface area contributed by atoms with E-state index in [1.807, 2.05) is 24.3 Å². The van der Waals surface area contributed by atoms with Crippen LogP contribution in [0.5, 0.6) is 0 Å². The van der Waals surface area contributed by atoms with E-state index in [2.05, 4.69) is 34.0 Å². The summed E-state index contributed by atoms with van der Waals surface area (Å²) < 4.78 is 1.15. The Kier molecular flexibility index (Phi) is 4.00. The molecule has 2 rings (SSSR count). The predicted octanol–water partition coefficient (Wildman–Crippen LogP) is 2.25. The molecule has 0 spiro atoms. The average Bonchev–Trinajstić information content (AvgIpc) is 3.13. The molecule has 1 aliphatic rings. The molecule has 0 unspecified atom stereocenters. The van der Waals surface area contributed by atoms with Crippen molar-refractivity contribution in [2.75, 3.05) is 0 Å². The number of nitrogens with zero attached hydrogens (tertiary/aromatic N) is 1. The van der Waals surface area contributed by atoms with Gasteiger partial charge in [0.15, 0.2) is 0 Å². The van der Waals surface area contributed by atoms with Crippen LogP contribution in [0.15, 0.2) is 24.3 Å². The van der Waals surface area contributed by atoms with Crippen molar-refractivity contribution in [2.45, 2.75) is 25.3 Å². The minimum atomic E-state index is -0.300. The third-order valence-corrected chi connectivity index (χ3v) is 3.55. The maximum Gasteiger partial charge on any atom is 0.225 e. The van der Waals surface area contributed by atoms with E-state index in [1.165, 1.54) is 0 Å². The summed E-state index contributed by atoms with van der Waals surface area (Å²) in [7, 11) is 0. The lowest BCUT2D eigenvalue weighted by atomic mass is 10.1. The van der Waals surface area contributed by atoms with Crippen LogP contribution in [-0.4, -0.2) is 11.9 Å². The first-order valence-corrected chi connectivity index (χ1v) is 6.70. The first-order chi connectivity index (χ1) is 8.19. The van der Waals surface area contributed by atoms with Crippen LogP contribution in [0.1, 0.15) is 18.4 Å². The molecule has 1 aliphatic carbocycles. The van der Waals surface area contributed by atoms with E-state index >= 15 is 0 Å². The van der Waals surface area contributed by atoms with Crippen LogP contribution in [0.2, 0.25) is 0 Å². The molecule has 1 aromatic rings. The highest BCUT2D eigenvalue weighted by Gasteiger charge is 2.32. The molecular weight excluding hydrogens is 327 g/mol. The molecule has 1 N–H and O–H groups in total. The van der Waals surface area contributed by atoms with Crippen molar-refractivity contribution in [1.29, 1.82) is 5.26 Å². The Labute approximate surface area is 114 Å². The number of amides is 1. The molecule has 0 saturated heterocycles. The van der Waals surface area contributed by atoms with Gasteiger partial charge in [0.25, 0.3) is 0 Å². The Morgan fingerprint density at radius 1 is 1.47 bits per heavy atom. The standard InChI is InChI=1S/C13H13IN2O/c14-11-5-1-9(2-6-11)7-13(17)16-12(8-15)10-3-4-10/h1-2,5-6,10,12H,3-4,7H2,(H,16,17)/t12-/m0/s1. The third-order valence-electron chi connectivity index (χ3n) is 2.83. The molecule has 4 heteroatoms. The minimum Gasteiger partial charge on any atom is -0.340 e. The second kappa shape index (κ2) is 5.50. The molecule has 1 amide bonds. The fourth-order valence-electron chi connectivity index (χ4n) is 1.70. The van der Waals surface area contributed by atoms with Crippen LogP contribution in [0.3, 0.4) is 0 Å². The molecule has 1 aromatic carbocycles. The second-order valence-corrected chi connectivity index (χ2v) is 5.56. The lowest BCUT2D eigenvalue weighted by Gasteiger charge is -2.10. The minimum absolute atomic E-state index is 0.0651. The van der Waals surface area contributed by atoms with Crippen molar-refractivity contribution in [3.63, 3.8) is 0 Å². The van der Waals surface area contributed by atoms with Gasteiger partial charge in [0, 0.05) is 3.57 Å². The fourth-order valence-corrected chi connectivity index (χ4v) is 2.06. The largest absolute Gasteiger partial charge is 0.340 e. The molecule has 1 atom stereocenters. The average molecular weight is 340 g/mol. The van der Waals surface area contributed by atoms with E-state index in [0.717, 1.165) is 22.0 Å². The van der Waals surface area contributed by atoms with E-state index in [0.29, 0.717) is 12.3 Å². The zero-order valence-electron chi connectivity index (χ0n) is 9.32. The highest BCUT2D eigenvalue weighted by Crippen LogP contribution is 2.32. The molecule has 1 fully saturated rings. The summed E-state index contributed by atoms with van der Waals surface area (Å²) >= 11 is 2.23. The molecule has 0 radical (unpaired) electrons. The summed E-state index contributed by atoms with van der Waals surface area (Å²) in [6.45, 7) is 0. The smallest absolute Gasteiger partial charge is 0.225 e. The molecular formula is C13H13IN2O. The summed E-state index contributed by atoms with van der Waals surface area (Å²) in [5.41, 5.74) is 0.982. The summed E-state index contributed by atoms with van der Waals surface area (Å²) in [6, 6.07) is 9.70. The van der Waals surface area contributed by atoms with E-state index in [-0.39, 0.29) is 11.9 Å². The lowest BCUT2D eigenvalue weighted by Crippen LogP contribution is -2.36. The molecule has 3 nitrogen and oxygen atoms in total. The SMILES string of the molecule is N#C[C@H](NC(=O)Cc1ccc(I)cc1)C1CC1. The normalized spacial score (nSPS) is 16.0. The van der Waals surface area contributed by atoms with E-state index < -0.39 is 0 Å². The van der Waals surface area contributed by atoms with Crippen molar-refractivity contribution in [2.24, 2.45) is 5.92 Å². The predicted molar refractivity (Wildman–Crippen MR) is 73.1 cm³/mol. The van der Waals surface area contributed by atoms with Gasteiger partial charge in [0.1, 0.15) is 6.04 Å². The van der Waals surface area contributed by atoms with E-state index in [9.17, 15) is 4.79 Å². The fraction of sp³-hybridized carbons (Fsp3) is 0.385. The van der Waals surface area contributed by atoms with E-state index in [1.54, 1.807) is 0 Å². The summed E-state index contributed by atoms with van der Waals surface area (Å²) in [4.78, 5) is 11.7. The quantitative estimate of drug-likeness (QED) is 0.855. The number of rotatable bonds is 4. The van der Waals surface area contributed by atoms with Crippen molar-refractivity contribution in [3.05, 3.63) is 33.4 Å². The molecule has 88 valence electrons. The number of benzene rings is 1. The van der Waals surface area contributed by atoms with Gasteiger partial charge in [-0.3, -0.25) is 4.79 Å². The number of carbonyl (C=O) groups is 1. The number of nitrogens with one attached hydrogen (secondary N) is 1. The van der Waals surface area contributed by atoms with Crippen LogP contribution < -0.4 is 5.32 Å².